The van der Waals surface area contributed by atoms with Crippen LogP contribution in [-0.2, 0) is 11.8 Å². The van der Waals surface area contributed by atoms with Gasteiger partial charge in [0.15, 0.2) is 5.82 Å². The Kier molecular flexibility index (Phi) is 2.92. The molecule has 0 spiro atoms. The molecule has 2 aromatic rings. The lowest BCUT2D eigenvalue weighted by Gasteiger charge is -2.22. The van der Waals surface area contributed by atoms with Gasteiger partial charge in [0.2, 0.25) is 0 Å². The molecule has 1 N–H and O–H groups in total. The summed E-state index contributed by atoms with van der Waals surface area (Å²) in [5.41, 5.74) is 0. The van der Waals surface area contributed by atoms with Crippen LogP contribution in [0.5, 0.6) is 0 Å². The maximum atomic E-state index is 5.45. The Bertz CT molecular complexity index is 488. The standard InChI is InChI=1S/C11H14N4OS/c1-15-11(8-7-16-5-4-12-8)13-10(14-15)9-3-2-6-17-9/h2-3,6,8,12H,4-5,7H2,1H3. The average molecular weight is 250 g/mol. The molecule has 0 bridgehead atoms. The highest BCUT2D eigenvalue weighted by atomic mass is 32.1. The van der Waals surface area contributed by atoms with Gasteiger partial charge >= 0.3 is 0 Å². The molecule has 90 valence electrons. The number of aromatic nitrogens is 3. The second-order valence-corrected chi connectivity index (χ2v) is 4.92. The van der Waals surface area contributed by atoms with Crippen molar-refractivity contribution >= 4 is 11.3 Å². The molecule has 1 saturated heterocycles. The molecule has 0 radical (unpaired) electrons. The van der Waals surface area contributed by atoms with Gasteiger partial charge in [-0.1, -0.05) is 6.07 Å². The Morgan fingerprint density at radius 1 is 1.59 bits per heavy atom. The van der Waals surface area contributed by atoms with Gasteiger partial charge in [-0.15, -0.1) is 11.3 Å². The van der Waals surface area contributed by atoms with Gasteiger partial charge in [0.25, 0.3) is 0 Å². The van der Waals surface area contributed by atoms with Crippen LogP contribution in [0, 0.1) is 0 Å². The molecule has 3 rings (SSSR count). The Balaban J connectivity index is 1.90. The number of hydrogen-bond donors (Lipinski definition) is 1. The zero-order valence-electron chi connectivity index (χ0n) is 9.59. The summed E-state index contributed by atoms with van der Waals surface area (Å²) < 4.78 is 7.29. The number of rotatable bonds is 2. The Labute approximate surface area is 103 Å². The van der Waals surface area contributed by atoms with Gasteiger partial charge < -0.3 is 10.1 Å². The summed E-state index contributed by atoms with van der Waals surface area (Å²) >= 11 is 1.65. The van der Waals surface area contributed by atoms with Crippen LogP contribution in [0.1, 0.15) is 11.9 Å². The lowest BCUT2D eigenvalue weighted by atomic mass is 10.2. The van der Waals surface area contributed by atoms with E-state index in [2.05, 4.69) is 15.4 Å². The van der Waals surface area contributed by atoms with E-state index in [0.29, 0.717) is 6.61 Å². The normalized spacial score (nSPS) is 20.6. The first-order chi connectivity index (χ1) is 8.34. The molecular weight excluding hydrogens is 236 g/mol. The van der Waals surface area contributed by atoms with Gasteiger partial charge in [0.05, 0.1) is 24.1 Å². The van der Waals surface area contributed by atoms with Crippen LogP contribution >= 0.6 is 11.3 Å². The van der Waals surface area contributed by atoms with E-state index in [1.165, 1.54) is 0 Å². The van der Waals surface area contributed by atoms with Gasteiger partial charge in [0, 0.05) is 13.6 Å². The van der Waals surface area contributed by atoms with E-state index < -0.39 is 0 Å². The quantitative estimate of drug-likeness (QED) is 0.870. The van der Waals surface area contributed by atoms with Crippen molar-refractivity contribution in [1.82, 2.24) is 20.1 Å². The van der Waals surface area contributed by atoms with E-state index >= 15 is 0 Å². The Morgan fingerprint density at radius 3 is 3.24 bits per heavy atom. The summed E-state index contributed by atoms with van der Waals surface area (Å²) in [4.78, 5) is 5.70. The molecule has 1 atom stereocenters. The van der Waals surface area contributed by atoms with Crippen LogP contribution in [0.4, 0.5) is 0 Å². The number of nitrogens with one attached hydrogen (secondary N) is 1. The highest BCUT2D eigenvalue weighted by Gasteiger charge is 2.21. The van der Waals surface area contributed by atoms with E-state index in [1.54, 1.807) is 11.3 Å². The smallest absolute Gasteiger partial charge is 0.191 e. The van der Waals surface area contributed by atoms with Crippen LogP contribution in [0.3, 0.4) is 0 Å². The summed E-state index contributed by atoms with van der Waals surface area (Å²) in [5, 5.41) is 9.87. The van der Waals surface area contributed by atoms with E-state index in [-0.39, 0.29) is 6.04 Å². The van der Waals surface area contributed by atoms with Crippen molar-refractivity contribution in [2.75, 3.05) is 19.8 Å². The molecule has 1 aliphatic rings. The first kappa shape index (κ1) is 10.9. The van der Waals surface area contributed by atoms with Crippen LogP contribution in [0.2, 0.25) is 0 Å². The van der Waals surface area contributed by atoms with Crippen molar-refractivity contribution in [3.63, 3.8) is 0 Å². The van der Waals surface area contributed by atoms with Crippen LogP contribution in [0.15, 0.2) is 17.5 Å². The number of aryl methyl sites for hydroxylation is 1. The molecule has 2 aromatic heterocycles. The molecule has 1 fully saturated rings. The summed E-state index contributed by atoms with van der Waals surface area (Å²) in [6.45, 7) is 2.30. The predicted octanol–water partition coefficient (Wildman–Crippen LogP) is 1.20. The molecule has 1 unspecified atom stereocenters. The minimum atomic E-state index is 0.148. The van der Waals surface area contributed by atoms with E-state index in [1.807, 2.05) is 29.2 Å². The van der Waals surface area contributed by atoms with E-state index in [9.17, 15) is 0 Å². The largest absolute Gasteiger partial charge is 0.378 e. The molecule has 0 saturated carbocycles. The van der Waals surface area contributed by atoms with Gasteiger partial charge in [0.1, 0.15) is 5.82 Å². The Hall–Kier alpha value is -1.24. The van der Waals surface area contributed by atoms with Crippen molar-refractivity contribution < 1.29 is 4.74 Å². The molecule has 0 amide bonds. The van der Waals surface area contributed by atoms with E-state index in [4.69, 9.17) is 4.74 Å². The first-order valence-electron chi connectivity index (χ1n) is 5.60. The summed E-state index contributed by atoms with van der Waals surface area (Å²) in [7, 11) is 1.93. The minimum absolute atomic E-state index is 0.148. The second kappa shape index (κ2) is 4.56. The highest BCUT2D eigenvalue weighted by molar-refractivity contribution is 7.13. The molecule has 5 nitrogen and oxygen atoms in total. The molecule has 6 heteroatoms. The van der Waals surface area contributed by atoms with Gasteiger partial charge in [-0.05, 0) is 11.4 Å². The lowest BCUT2D eigenvalue weighted by molar-refractivity contribution is 0.0731. The fourth-order valence-corrected chi connectivity index (χ4v) is 2.59. The number of thiophene rings is 1. The van der Waals surface area contributed by atoms with Crippen molar-refractivity contribution in [1.29, 1.82) is 0 Å². The number of morpholine rings is 1. The molecule has 1 aliphatic heterocycles. The molecule has 0 aliphatic carbocycles. The molecule has 0 aromatic carbocycles. The third-order valence-electron chi connectivity index (χ3n) is 2.77. The molecule has 17 heavy (non-hydrogen) atoms. The monoisotopic (exact) mass is 250 g/mol. The SMILES string of the molecule is Cn1nc(-c2cccs2)nc1C1COCCN1. The van der Waals surface area contributed by atoms with Crippen molar-refractivity contribution in [3.05, 3.63) is 23.3 Å². The van der Waals surface area contributed by atoms with E-state index in [0.717, 1.165) is 29.7 Å². The molecule has 3 heterocycles. The number of ether oxygens (including phenoxy) is 1. The highest BCUT2D eigenvalue weighted by Crippen LogP contribution is 2.23. The lowest BCUT2D eigenvalue weighted by Crippen LogP contribution is -2.36. The van der Waals surface area contributed by atoms with Crippen molar-refractivity contribution in [2.24, 2.45) is 7.05 Å². The zero-order valence-corrected chi connectivity index (χ0v) is 10.4. The van der Waals surface area contributed by atoms with Crippen LogP contribution in [-0.4, -0.2) is 34.5 Å². The first-order valence-corrected chi connectivity index (χ1v) is 6.48. The third-order valence-corrected chi connectivity index (χ3v) is 3.64. The van der Waals surface area contributed by atoms with Gasteiger partial charge in [-0.3, -0.25) is 4.68 Å². The van der Waals surface area contributed by atoms with Crippen LogP contribution < -0.4 is 5.32 Å². The van der Waals surface area contributed by atoms with Gasteiger partial charge in [-0.2, -0.15) is 5.10 Å². The van der Waals surface area contributed by atoms with Crippen molar-refractivity contribution in [2.45, 2.75) is 6.04 Å². The fourth-order valence-electron chi connectivity index (χ4n) is 1.94. The zero-order chi connectivity index (χ0) is 11.7. The summed E-state index contributed by atoms with van der Waals surface area (Å²) in [5.74, 6) is 1.73. The van der Waals surface area contributed by atoms with Gasteiger partial charge in [-0.25, -0.2) is 4.98 Å². The summed E-state index contributed by atoms with van der Waals surface area (Å²) in [6.07, 6.45) is 0. The maximum absolute atomic E-state index is 5.45. The van der Waals surface area contributed by atoms with Crippen molar-refractivity contribution in [3.8, 4) is 10.7 Å². The predicted molar refractivity (Wildman–Crippen MR) is 65.9 cm³/mol. The maximum Gasteiger partial charge on any atom is 0.191 e. The number of nitrogens with zero attached hydrogens (tertiary/aromatic N) is 3. The Morgan fingerprint density at radius 2 is 2.53 bits per heavy atom. The fraction of sp³-hybridized carbons (Fsp3) is 0.455. The minimum Gasteiger partial charge on any atom is -0.378 e. The molecular formula is C11H14N4OS. The number of hydrogen-bond acceptors (Lipinski definition) is 5. The average Bonchev–Trinajstić information content (AvgIpc) is 2.99. The topological polar surface area (TPSA) is 52.0 Å². The van der Waals surface area contributed by atoms with Crippen LogP contribution in [0.25, 0.3) is 10.7 Å². The summed E-state index contributed by atoms with van der Waals surface area (Å²) in [6, 6.07) is 4.20. The second-order valence-electron chi connectivity index (χ2n) is 3.98. The third kappa shape index (κ3) is 2.11.